The first-order valence-electron chi connectivity index (χ1n) is 4.01. The van der Waals surface area contributed by atoms with Gasteiger partial charge in [0.05, 0.1) is 24.1 Å². The van der Waals surface area contributed by atoms with Gasteiger partial charge in [-0.25, -0.2) is 4.68 Å². The maximum absolute atomic E-state index is 4.92. The molecule has 6 nitrogen and oxygen atoms in total. The van der Waals surface area contributed by atoms with Crippen LogP contribution in [0.3, 0.4) is 0 Å². The smallest absolute Gasteiger partial charge is 0.238 e. The molecule has 7 heteroatoms. The van der Waals surface area contributed by atoms with E-state index in [9.17, 15) is 0 Å². The molecular weight excluding hydrogens is 200 g/mol. The van der Waals surface area contributed by atoms with E-state index in [0.717, 1.165) is 11.4 Å². The van der Waals surface area contributed by atoms with Crippen molar-refractivity contribution in [3.63, 3.8) is 0 Å². The maximum Gasteiger partial charge on any atom is 0.238 e. The van der Waals surface area contributed by atoms with Crippen molar-refractivity contribution in [2.24, 2.45) is 0 Å². The fourth-order valence-corrected chi connectivity index (χ4v) is 1.13. The molecule has 72 valence electrons. The number of H-pyrrole nitrogens is 1. The maximum atomic E-state index is 4.92. The van der Waals surface area contributed by atoms with Gasteiger partial charge >= 0.3 is 0 Å². The molecule has 1 N–H and O–H groups in total. The predicted molar refractivity (Wildman–Crippen MR) is 51.1 cm³/mol. The number of nitrogens with zero attached hydrogens (tertiary/aromatic N) is 5. The zero-order chi connectivity index (χ0) is 9.97. The molecule has 0 unspecified atom stereocenters. The third-order valence-electron chi connectivity index (χ3n) is 1.69. The molecule has 2 aromatic rings. The van der Waals surface area contributed by atoms with Crippen LogP contribution >= 0.6 is 12.2 Å². The lowest BCUT2D eigenvalue weighted by Gasteiger charge is -1.99. The Morgan fingerprint density at radius 2 is 2.29 bits per heavy atom. The number of aryl methyl sites for hydroxylation is 1. The summed E-state index contributed by atoms with van der Waals surface area (Å²) in [5.74, 6) is 0. The number of hydrogen-bond acceptors (Lipinski definition) is 5. The number of nitrogens with one attached hydrogen (secondary N) is 1. The lowest BCUT2D eigenvalue weighted by atomic mass is 10.4. The van der Waals surface area contributed by atoms with E-state index in [-0.39, 0.29) is 0 Å². The van der Waals surface area contributed by atoms with Gasteiger partial charge < -0.3 is 0 Å². The van der Waals surface area contributed by atoms with Gasteiger partial charge in [-0.2, -0.15) is 5.21 Å². The second-order valence-electron chi connectivity index (χ2n) is 2.82. The van der Waals surface area contributed by atoms with E-state index in [1.165, 1.54) is 0 Å². The Bertz CT molecular complexity index is 469. The first kappa shape index (κ1) is 8.95. The molecule has 0 aromatic carbocycles. The number of aromatic nitrogens is 6. The summed E-state index contributed by atoms with van der Waals surface area (Å²) in [5, 5.41) is 9.88. The largest absolute Gasteiger partial charge is 0.258 e. The van der Waals surface area contributed by atoms with Crippen LogP contribution < -0.4 is 0 Å². The summed E-state index contributed by atoms with van der Waals surface area (Å²) < 4.78 is 2.03. The van der Waals surface area contributed by atoms with E-state index >= 15 is 0 Å². The van der Waals surface area contributed by atoms with Crippen molar-refractivity contribution in [2.45, 2.75) is 13.5 Å². The number of hydrogen-bond donors (Lipinski definition) is 1. The van der Waals surface area contributed by atoms with Gasteiger partial charge in [0.2, 0.25) is 4.77 Å². The van der Waals surface area contributed by atoms with Crippen LogP contribution in [0.1, 0.15) is 11.4 Å². The summed E-state index contributed by atoms with van der Waals surface area (Å²) in [6.07, 6.45) is 3.42. The summed E-state index contributed by atoms with van der Waals surface area (Å²) in [6.45, 7) is 2.40. The summed E-state index contributed by atoms with van der Waals surface area (Å²) >= 11 is 4.92. The van der Waals surface area contributed by atoms with Crippen molar-refractivity contribution in [3.05, 3.63) is 28.6 Å². The fraction of sp³-hybridized carbons (Fsp3) is 0.286. The molecule has 0 bridgehead atoms. The quantitative estimate of drug-likeness (QED) is 0.727. The molecule has 0 saturated heterocycles. The van der Waals surface area contributed by atoms with Crippen LogP contribution in [-0.2, 0) is 6.54 Å². The van der Waals surface area contributed by atoms with Crippen LogP contribution in [0, 0.1) is 11.7 Å². The lowest BCUT2D eigenvalue weighted by Crippen LogP contribution is -2.04. The van der Waals surface area contributed by atoms with E-state index in [2.05, 4.69) is 25.5 Å². The Labute approximate surface area is 85.0 Å². The number of aromatic amines is 1. The number of rotatable bonds is 2. The van der Waals surface area contributed by atoms with Crippen LogP contribution in [0.5, 0.6) is 0 Å². The Kier molecular flexibility index (Phi) is 2.32. The summed E-state index contributed by atoms with van der Waals surface area (Å²) in [4.78, 5) is 8.31. The van der Waals surface area contributed by atoms with Crippen LogP contribution in [0.15, 0.2) is 12.4 Å². The molecule has 2 aromatic heterocycles. The molecule has 0 aliphatic rings. The second-order valence-corrected chi connectivity index (χ2v) is 3.18. The van der Waals surface area contributed by atoms with Gasteiger partial charge in [-0.3, -0.25) is 9.97 Å². The first-order valence-corrected chi connectivity index (χ1v) is 4.42. The summed E-state index contributed by atoms with van der Waals surface area (Å²) in [5.41, 5.74) is 1.71. The van der Waals surface area contributed by atoms with Crippen molar-refractivity contribution in [2.75, 3.05) is 0 Å². The van der Waals surface area contributed by atoms with Crippen molar-refractivity contribution in [1.29, 1.82) is 0 Å². The molecule has 0 aliphatic heterocycles. The van der Waals surface area contributed by atoms with Crippen LogP contribution in [0.4, 0.5) is 0 Å². The summed E-state index contributed by atoms with van der Waals surface area (Å²) in [6, 6.07) is 0. The molecule has 2 rings (SSSR count). The van der Waals surface area contributed by atoms with E-state index < -0.39 is 0 Å². The average Bonchev–Trinajstić information content (AvgIpc) is 2.56. The van der Waals surface area contributed by atoms with Gasteiger partial charge in [-0.15, -0.1) is 0 Å². The highest BCUT2D eigenvalue weighted by atomic mass is 32.1. The standard InChI is InChI=1S/C7H8N6S/c1-5-2-9-6(3-8-5)4-13-7(14)10-11-12-13/h2-3H,4H2,1H3,(H,10,12,14). The molecule has 0 fully saturated rings. The van der Waals surface area contributed by atoms with Gasteiger partial charge in [-0.05, 0) is 19.1 Å². The minimum absolute atomic E-state index is 0.410. The highest BCUT2D eigenvalue weighted by molar-refractivity contribution is 7.71. The predicted octanol–water partition coefficient (Wildman–Crippen LogP) is 0.482. The average molecular weight is 208 g/mol. The fourth-order valence-electron chi connectivity index (χ4n) is 0.982. The van der Waals surface area contributed by atoms with Crippen molar-refractivity contribution >= 4 is 12.2 Å². The minimum Gasteiger partial charge on any atom is -0.258 e. The SMILES string of the molecule is Cc1cnc(Cn2[nH]nnc2=S)cn1. The van der Waals surface area contributed by atoms with Gasteiger partial charge in [0.15, 0.2) is 0 Å². The first-order chi connectivity index (χ1) is 6.75. The Balaban J connectivity index is 2.23. The van der Waals surface area contributed by atoms with E-state index in [1.54, 1.807) is 17.1 Å². The molecule has 0 aliphatic carbocycles. The zero-order valence-electron chi connectivity index (χ0n) is 7.51. The molecular formula is C7H8N6S. The Hall–Kier alpha value is -1.63. The minimum atomic E-state index is 0.410. The molecule has 2 heterocycles. The molecule has 0 spiro atoms. The van der Waals surface area contributed by atoms with Gasteiger partial charge in [-0.1, -0.05) is 10.3 Å². The lowest BCUT2D eigenvalue weighted by molar-refractivity contribution is 0.629. The summed E-state index contributed by atoms with van der Waals surface area (Å²) in [7, 11) is 0. The highest BCUT2D eigenvalue weighted by Crippen LogP contribution is 1.96. The third kappa shape index (κ3) is 1.82. The second kappa shape index (κ2) is 3.62. The molecule has 0 amide bonds. The molecule has 0 atom stereocenters. The highest BCUT2D eigenvalue weighted by Gasteiger charge is 1.99. The number of tetrazole rings is 1. The van der Waals surface area contributed by atoms with Crippen LogP contribution in [0.25, 0.3) is 0 Å². The van der Waals surface area contributed by atoms with Crippen molar-refractivity contribution < 1.29 is 0 Å². The molecule has 0 radical (unpaired) electrons. The van der Waals surface area contributed by atoms with Gasteiger partial charge in [0.25, 0.3) is 0 Å². The third-order valence-corrected chi connectivity index (χ3v) is 1.99. The van der Waals surface area contributed by atoms with Crippen molar-refractivity contribution in [1.82, 2.24) is 30.2 Å². The van der Waals surface area contributed by atoms with E-state index in [1.807, 2.05) is 6.92 Å². The normalized spacial score (nSPS) is 10.4. The van der Waals surface area contributed by atoms with E-state index in [4.69, 9.17) is 12.2 Å². The molecule has 14 heavy (non-hydrogen) atoms. The van der Waals surface area contributed by atoms with E-state index in [0.29, 0.717) is 11.3 Å². The Morgan fingerprint density at radius 1 is 1.43 bits per heavy atom. The zero-order valence-corrected chi connectivity index (χ0v) is 8.32. The Morgan fingerprint density at radius 3 is 2.86 bits per heavy atom. The van der Waals surface area contributed by atoms with Gasteiger partial charge in [0, 0.05) is 6.20 Å². The molecule has 0 saturated carbocycles. The monoisotopic (exact) mass is 208 g/mol. The van der Waals surface area contributed by atoms with Crippen LogP contribution in [0.2, 0.25) is 0 Å². The van der Waals surface area contributed by atoms with Crippen LogP contribution in [-0.4, -0.2) is 30.2 Å². The van der Waals surface area contributed by atoms with Crippen molar-refractivity contribution in [3.8, 4) is 0 Å². The topological polar surface area (TPSA) is 72.3 Å². The van der Waals surface area contributed by atoms with Gasteiger partial charge in [0.1, 0.15) is 0 Å².